The third-order valence-electron chi connectivity index (χ3n) is 3.44. The highest BCUT2D eigenvalue weighted by Crippen LogP contribution is 2.32. The summed E-state index contributed by atoms with van der Waals surface area (Å²) in [5.74, 6) is -2.20. The first-order valence-electron chi connectivity index (χ1n) is 7.85. The molecule has 0 aromatic heterocycles. The quantitative estimate of drug-likeness (QED) is 0.207. The second kappa shape index (κ2) is 11.3. The number of carbonyl (C=O) groups excluding carboxylic acids is 2. The summed E-state index contributed by atoms with van der Waals surface area (Å²) in [5.41, 5.74) is 0. The van der Waals surface area contributed by atoms with Crippen LogP contribution in [0.2, 0.25) is 5.02 Å². The number of carbonyl (C=O) groups is 2. The molecule has 2 aromatic carbocycles. The molecule has 2 rings (SSSR count). The lowest BCUT2D eigenvalue weighted by Crippen LogP contribution is -2.09. The fourth-order valence-corrected chi connectivity index (χ4v) is 4.21. The fraction of sp³-hybridized carbons (Fsp3) is 0. The van der Waals surface area contributed by atoms with Gasteiger partial charge in [-0.25, -0.2) is 18.0 Å². The van der Waals surface area contributed by atoms with E-state index in [1.54, 1.807) is 0 Å². The van der Waals surface area contributed by atoms with Gasteiger partial charge in [0.25, 0.3) is 0 Å². The van der Waals surface area contributed by atoms with Gasteiger partial charge in [-0.15, -0.1) is 0 Å². The van der Waals surface area contributed by atoms with E-state index >= 15 is 0 Å². The standard InChI is InChI=1S/C18H7Cl7O6S/c19-11-7-9(31-18(27)14(21)16(24)25)3-6-12(11)32(28,29)10-4-1-8(2-5-10)30-17(26)13(20)15(22)23/h1-7H. The van der Waals surface area contributed by atoms with Gasteiger partial charge in [0.05, 0.1) is 14.8 Å². The Hall–Kier alpha value is -1.16. The molecule has 0 radical (unpaired) electrons. The molecule has 0 N–H and O–H groups in total. The van der Waals surface area contributed by atoms with Gasteiger partial charge in [-0.3, -0.25) is 0 Å². The molecule has 0 bridgehead atoms. The molecule has 0 unspecified atom stereocenters. The lowest BCUT2D eigenvalue weighted by molar-refractivity contribution is -0.130. The number of sulfone groups is 1. The van der Waals surface area contributed by atoms with E-state index in [9.17, 15) is 18.0 Å². The molecule has 0 saturated heterocycles. The number of hydrogen-bond donors (Lipinski definition) is 0. The molecule has 32 heavy (non-hydrogen) atoms. The molecule has 0 spiro atoms. The summed E-state index contributed by atoms with van der Waals surface area (Å²) in [6.45, 7) is 0. The minimum atomic E-state index is -4.09. The predicted molar refractivity (Wildman–Crippen MR) is 124 cm³/mol. The average molecular weight is 599 g/mol. The van der Waals surface area contributed by atoms with Crippen LogP contribution in [0.15, 0.2) is 71.3 Å². The van der Waals surface area contributed by atoms with Crippen molar-refractivity contribution in [2.75, 3.05) is 0 Å². The van der Waals surface area contributed by atoms with E-state index in [0.717, 1.165) is 12.1 Å². The van der Waals surface area contributed by atoms with E-state index in [0.29, 0.717) is 0 Å². The van der Waals surface area contributed by atoms with Crippen molar-refractivity contribution in [3.05, 3.63) is 66.5 Å². The third-order valence-corrected chi connectivity index (χ3v) is 7.52. The lowest BCUT2D eigenvalue weighted by atomic mass is 10.3. The van der Waals surface area contributed by atoms with E-state index in [4.69, 9.17) is 90.7 Å². The molecule has 0 aliphatic rings. The van der Waals surface area contributed by atoms with Crippen LogP contribution in [0.3, 0.4) is 0 Å². The van der Waals surface area contributed by atoms with Gasteiger partial charge in [-0.2, -0.15) is 0 Å². The van der Waals surface area contributed by atoms with E-state index in [1.807, 2.05) is 0 Å². The number of esters is 2. The highest BCUT2D eigenvalue weighted by molar-refractivity contribution is 7.91. The van der Waals surface area contributed by atoms with E-state index < -0.39 is 40.8 Å². The van der Waals surface area contributed by atoms with Crippen molar-refractivity contribution < 1.29 is 27.5 Å². The van der Waals surface area contributed by atoms with Crippen LogP contribution in [-0.4, -0.2) is 20.4 Å². The molecule has 0 fully saturated rings. The molecular weight excluding hydrogens is 592 g/mol. The molecule has 0 aliphatic heterocycles. The van der Waals surface area contributed by atoms with E-state index in [2.05, 4.69) is 0 Å². The van der Waals surface area contributed by atoms with Gasteiger partial charge < -0.3 is 9.47 Å². The smallest absolute Gasteiger partial charge is 0.357 e. The Morgan fingerprint density at radius 2 is 1.12 bits per heavy atom. The Morgan fingerprint density at radius 3 is 1.56 bits per heavy atom. The van der Waals surface area contributed by atoms with Crippen LogP contribution in [0, 0.1) is 0 Å². The molecular formula is C18H7Cl7O6S. The van der Waals surface area contributed by atoms with Crippen molar-refractivity contribution in [1.82, 2.24) is 0 Å². The molecule has 14 heteroatoms. The first-order valence-corrected chi connectivity index (χ1v) is 12.0. The fourth-order valence-electron chi connectivity index (χ4n) is 2.03. The summed E-state index contributed by atoms with van der Waals surface area (Å²) >= 11 is 38.8. The van der Waals surface area contributed by atoms with Gasteiger partial charge >= 0.3 is 11.9 Å². The number of hydrogen-bond acceptors (Lipinski definition) is 6. The Bertz CT molecular complexity index is 1230. The predicted octanol–water partition coefficient (Wildman–Crippen LogP) is 6.75. The molecule has 0 saturated carbocycles. The van der Waals surface area contributed by atoms with Crippen LogP contribution in [-0.2, 0) is 19.4 Å². The number of benzene rings is 2. The highest BCUT2D eigenvalue weighted by Gasteiger charge is 2.23. The monoisotopic (exact) mass is 596 g/mol. The zero-order chi connectivity index (χ0) is 24.2. The molecule has 2 aromatic rings. The van der Waals surface area contributed by atoms with Crippen LogP contribution < -0.4 is 9.47 Å². The normalized spacial score (nSPS) is 10.8. The van der Waals surface area contributed by atoms with Gasteiger partial charge in [-0.1, -0.05) is 81.2 Å². The van der Waals surface area contributed by atoms with Crippen molar-refractivity contribution in [3.8, 4) is 11.5 Å². The number of ether oxygens (including phenoxy) is 2. The van der Waals surface area contributed by atoms with Crippen molar-refractivity contribution in [3.63, 3.8) is 0 Å². The van der Waals surface area contributed by atoms with E-state index in [1.165, 1.54) is 30.3 Å². The van der Waals surface area contributed by atoms with Crippen LogP contribution in [0.1, 0.15) is 0 Å². The Kier molecular flexibility index (Phi) is 9.58. The molecule has 0 aliphatic carbocycles. The maximum Gasteiger partial charge on any atom is 0.357 e. The van der Waals surface area contributed by atoms with Crippen molar-refractivity contribution in [2.45, 2.75) is 9.79 Å². The van der Waals surface area contributed by atoms with Crippen molar-refractivity contribution in [2.24, 2.45) is 0 Å². The van der Waals surface area contributed by atoms with Gasteiger partial charge in [0.1, 0.15) is 20.5 Å². The van der Waals surface area contributed by atoms with Crippen molar-refractivity contribution >= 4 is 103 Å². The Morgan fingerprint density at radius 1 is 0.688 bits per heavy atom. The first-order chi connectivity index (χ1) is 14.8. The Balaban J connectivity index is 2.26. The second-order valence-electron chi connectivity index (χ2n) is 5.49. The SMILES string of the molecule is O=C(Oc1ccc(S(=O)(=O)c2ccc(OC(=O)C(Cl)=C(Cl)Cl)cc2Cl)cc1)C(Cl)=C(Cl)Cl. The minimum Gasteiger partial charge on any atom is -0.422 e. The molecule has 170 valence electrons. The van der Waals surface area contributed by atoms with Gasteiger partial charge in [0.2, 0.25) is 9.84 Å². The molecule has 0 amide bonds. The third kappa shape index (κ3) is 6.68. The average Bonchev–Trinajstić information content (AvgIpc) is 2.72. The van der Waals surface area contributed by atoms with Crippen molar-refractivity contribution in [1.29, 1.82) is 0 Å². The summed E-state index contributed by atoms with van der Waals surface area (Å²) in [4.78, 5) is 23.0. The van der Waals surface area contributed by atoms with E-state index in [-0.39, 0.29) is 26.3 Å². The van der Waals surface area contributed by atoms with Crippen LogP contribution >= 0.6 is 81.2 Å². The maximum atomic E-state index is 12.9. The Labute approximate surface area is 217 Å². The summed E-state index contributed by atoms with van der Waals surface area (Å²) in [5, 5.41) is -1.34. The van der Waals surface area contributed by atoms with Crippen LogP contribution in [0.4, 0.5) is 0 Å². The zero-order valence-corrected chi connectivity index (χ0v) is 21.2. The largest absolute Gasteiger partial charge is 0.422 e. The van der Waals surface area contributed by atoms with Crippen LogP contribution in [0.5, 0.6) is 11.5 Å². The minimum absolute atomic E-state index is 0.0158. The van der Waals surface area contributed by atoms with Crippen LogP contribution in [0.25, 0.3) is 0 Å². The highest BCUT2D eigenvalue weighted by atomic mass is 35.5. The summed E-state index contributed by atoms with van der Waals surface area (Å²) in [6.07, 6.45) is 0. The summed E-state index contributed by atoms with van der Waals surface area (Å²) in [7, 11) is -4.09. The summed E-state index contributed by atoms with van der Waals surface area (Å²) in [6, 6.07) is 8.19. The van der Waals surface area contributed by atoms with Gasteiger partial charge in [0, 0.05) is 6.07 Å². The van der Waals surface area contributed by atoms with Gasteiger partial charge in [-0.05, 0) is 36.4 Å². The molecule has 0 heterocycles. The molecule has 6 nitrogen and oxygen atoms in total. The summed E-state index contributed by atoms with van der Waals surface area (Å²) < 4.78 is 34.6. The first kappa shape index (κ1) is 27.1. The topological polar surface area (TPSA) is 86.7 Å². The lowest BCUT2D eigenvalue weighted by Gasteiger charge is -2.10. The zero-order valence-electron chi connectivity index (χ0n) is 15.0. The number of halogens is 7. The second-order valence-corrected chi connectivity index (χ2v) is 10.5. The molecule has 0 atom stereocenters. The maximum absolute atomic E-state index is 12.9. The number of rotatable bonds is 6. The van der Waals surface area contributed by atoms with Gasteiger partial charge in [0.15, 0.2) is 10.1 Å².